The van der Waals surface area contributed by atoms with Crippen molar-refractivity contribution in [3.63, 3.8) is 0 Å². The van der Waals surface area contributed by atoms with Gasteiger partial charge in [-0.05, 0) is 37.6 Å². The third kappa shape index (κ3) is 3.53. The Kier molecular flexibility index (Phi) is 3.89. The highest BCUT2D eigenvalue weighted by Crippen LogP contribution is 2.13. The van der Waals surface area contributed by atoms with Crippen molar-refractivity contribution in [2.45, 2.75) is 13.8 Å². The zero-order chi connectivity index (χ0) is 13.0. The Bertz CT molecular complexity index is 587. The lowest BCUT2D eigenvalue weighted by Crippen LogP contribution is -2.03. The molecule has 3 nitrogen and oxygen atoms in total. The van der Waals surface area contributed by atoms with Crippen LogP contribution in [0.1, 0.15) is 16.3 Å². The lowest BCUT2D eigenvalue weighted by atomic mass is 10.2. The molecule has 0 unspecified atom stereocenters. The van der Waals surface area contributed by atoms with Crippen LogP contribution >= 0.6 is 11.3 Å². The Morgan fingerprint density at radius 2 is 2.22 bits per heavy atom. The molecule has 0 aliphatic heterocycles. The Labute approximate surface area is 110 Å². The normalized spacial score (nSPS) is 10.8. The van der Waals surface area contributed by atoms with Crippen molar-refractivity contribution in [3.8, 4) is 5.75 Å². The van der Waals surface area contributed by atoms with E-state index in [0.29, 0.717) is 5.75 Å². The van der Waals surface area contributed by atoms with E-state index in [1.165, 1.54) is 6.08 Å². The van der Waals surface area contributed by atoms with E-state index in [9.17, 15) is 4.79 Å². The van der Waals surface area contributed by atoms with E-state index in [1.807, 2.05) is 37.4 Å². The second kappa shape index (κ2) is 5.60. The minimum absolute atomic E-state index is 0.397. The fraction of sp³-hybridized carbons (Fsp3) is 0.143. The quantitative estimate of drug-likeness (QED) is 0.482. The van der Waals surface area contributed by atoms with E-state index in [1.54, 1.807) is 23.5 Å². The van der Waals surface area contributed by atoms with Gasteiger partial charge in [-0.25, -0.2) is 9.78 Å². The lowest BCUT2D eigenvalue weighted by molar-refractivity contribution is -0.128. The molecule has 0 bridgehead atoms. The summed E-state index contributed by atoms with van der Waals surface area (Å²) >= 11 is 1.55. The number of nitrogens with zero attached hydrogens (tertiary/aromatic N) is 1. The Balaban J connectivity index is 1.98. The third-order valence-electron chi connectivity index (χ3n) is 2.23. The first-order valence-corrected chi connectivity index (χ1v) is 6.40. The number of aromatic nitrogens is 1. The Hall–Kier alpha value is -1.94. The number of carbonyl (C=O) groups is 1. The van der Waals surface area contributed by atoms with Crippen LogP contribution in [-0.2, 0) is 4.79 Å². The SMILES string of the molecule is Cc1cccc(OC(=O)/C=C/c2csc(C)n2)c1. The molecule has 18 heavy (non-hydrogen) atoms. The predicted molar refractivity (Wildman–Crippen MR) is 72.7 cm³/mol. The maximum absolute atomic E-state index is 11.6. The molecule has 92 valence electrons. The average Bonchev–Trinajstić information content (AvgIpc) is 2.73. The molecule has 0 atom stereocenters. The number of aryl methyl sites for hydroxylation is 2. The van der Waals surface area contributed by atoms with E-state index in [2.05, 4.69) is 4.98 Å². The molecule has 0 fully saturated rings. The highest BCUT2D eigenvalue weighted by molar-refractivity contribution is 7.09. The molecule has 0 aliphatic rings. The Morgan fingerprint density at radius 1 is 1.39 bits per heavy atom. The number of ether oxygens (including phenoxy) is 1. The summed E-state index contributed by atoms with van der Waals surface area (Å²) in [4.78, 5) is 15.8. The molecule has 0 N–H and O–H groups in total. The molecule has 0 radical (unpaired) electrons. The van der Waals surface area contributed by atoms with Gasteiger partial charge in [0.25, 0.3) is 0 Å². The van der Waals surface area contributed by atoms with Gasteiger partial charge in [-0.2, -0.15) is 0 Å². The van der Waals surface area contributed by atoms with Crippen LogP contribution in [0.5, 0.6) is 5.75 Å². The largest absolute Gasteiger partial charge is 0.423 e. The summed E-state index contributed by atoms with van der Waals surface area (Å²) in [7, 11) is 0. The first-order chi connectivity index (χ1) is 8.63. The van der Waals surface area contributed by atoms with Crippen LogP contribution < -0.4 is 4.74 Å². The summed E-state index contributed by atoms with van der Waals surface area (Å²) in [6.45, 7) is 3.87. The van der Waals surface area contributed by atoms with Crippen molar-refractivity contribution in [2.24, 2.45) is 0 Å². The molecule has 0 saturated carbocycles. The zero-order valence-electron chi connectivity index (χ0n) is 10.2. The van der Waals surface area contributed by atoms with Crippen LogP contribution in [0.2, 0.25) is 0 Å². The molecular weight excluding hydrogens is 246 g/mol. The van der Waals surface area contributed by atoms with Gasteiger partial charge in [0.15, 0.2) is 0 Å². The van der Waals surface area contributed by atoms with Crippen LogP contribution in [0, 0.1) is 13.8 Å². The van der Waals surface area contributed by atoms with E-state index in [0.717, 1.165) is 16.3 Å². The fourth-order valence-corrected chi connectivity index (χ4v) is 2.02. The summed E-state index contributed by atoms with van der Waals surface area (Å²) in [5.74, 6) is 0.158. The Morgan fingerprint density at radius 3 is 2.89 bits per heavy atom. The molecule has 1 aromatic heterocycles. The zero-order valence-corrected chi connectivity index (χ0v) is 11.0. The van der Waals surface area contributed by atoms with Crippen LogP contribution in [0.4, 0.5) is 0 Å². The van der Waals surface area contributed by atoms with Crippen molar-refractivity contribution >= 4 is 23.4 Å². The second-order valence-corrected chi connectivity index (χ2v) is 4.92. The van der Waals surface area contributed by atoms with E-state index < -0.39 is 5.97 Å². The minimum atomic E-state index is -0.397. The molecular formula is C14H13NO2S. The summed E-state index contributed by atoms with van der Waals surface area (Å²) in [5.41, 5.74) is 1.83. The van der Waals surface area contributed by atoms with Gasteiger partial charge in [-0.15, -0.1) is 11.3 Å². The number of rotatable bonds is 3. The van der Waals surface area contributed by atoms with Gasteiger partial charge in [0, 0.05) is 11.5 Å². The molecule has 0 aliphatic carbocycles. The van der Waals surface area contributed by atoms with Gasteiger partial charge in [-0.3, -0.25) is 0 Å². The second-order valence-electron chi connectivity index (χ2n) is 3.86. The van der Waals surface area contributed by atoms with Gasteiger partial charge in [0.2, 0.25) is 0 Å². The molecule has 0 amide bonds. The van der Waals surface area contributed by atoms with Gasteiger partial charge in [-0.1, -0.05) is 12.1 Å². The molecule has 2 aromatic rings. The van der Waals surface area contributed by atoms with Gasteiger partial charge in [0.1, 0.15) is 5.75 Å². The molecule has 0 saturated heterocycles. The van der Waals surface area contributed by atoms with Crippen molar-refractivity contribution in [1.29, 1.82) is 0 Å². The summed E-state index contributed by atoms with van der Waals surface area (Å²) in [6.07, 6.45) is 3.04. The van der Waals surface area contributed by atoms with Crippen molar-refractivity contribution < 1.29 is 9.53 Å². The van der Waals surface area contributed by atoms with Crippen LogP contribution in [0.15, 0.2) is 35.7 Å². The molecule has 1 heterocycles. The number of hydrogen-bond donors (Lipinski definition) is 0. The molecule has 4 heteroatoms. The number of esters is 1. The maximum Gasteiger partial charge on any atom is 0.336 e. The molecule has 0 spiro atoms. The standard InChI is InChI=1S/C14H13NO2S/c1-10-4-3-5-13(8-10)17-14(16)7-6-12-9-18-11(2)15-12/h3-9H,1-2H3/b7-6+. The highest BCUT2D eigenvalue weighted by atomic mass is 32.1. The first-order valence-electron chi connectivity index (χ1n) is 5.52. The predicted octanol–water partition coefficient (Wildman–Crippen LogP) is 3.38. The number of carbonyl (C=O) groups excluding carboxylic acids is 1. The van der Waals surface area contributed by atoms with Gasteiger partial charge >= 0.3 is 5.97 Å². The monoisotopic (exact) mass is 259 g/mol. The van der Waals surface area contributed by atoms with E-state index in [4.69, 9.17) is 4.74 Å². The molecule has 1 aromatic carbocycles. The summed E-state index contributed by atoms with van der Waals surface area (Å²) in [6, 6.07) is 7.38. The average molecular weight is 259 g/mol. The fourth-order valence-electron chi connectivity index (χ4n) is 1.44. The summed E-state index contributed by atoms with van der Waals surface area (Å²) < 4.78 is 5.17. The first kappa shape index (κ1) is 12.5. The van der Waals surface area contributed by atoms with E-state index in [-0.39, 0.29) is 0 Å². The van der Waals surface area contributed by atoms with Gasteiger partial charge in [0.05, 0.1) is 10.7 Å². The smallest absolute Gasteiger partial charge is 0.336 e. The van der Waals surface area contributed by atoms with E-state index >= 15 is 0 Å². The number of benzene rings is 1. The maximum atomic E-state index is 11.6. The number of thiazole rings is 1. The van der Waals surface area contributed by atoms with Crippen molar-refractivity contribution in [1.82, 2.24) is 4.98 Å². The lowest BCUT2D eigenvalue weighted by Gasteiger charge is -2.01. The van der Waals surface area contributed by atoms with Crippen LogP contribution in [0.3, 0.4) is 0 Å². The van der Waals surface area contributed by atoms with Crippen LogP contribution in [0.25, 0.3) is 6.08 Å². The summed E-state index contributed by atoms with van der Waals surface area (Å²) in [5, 5.41) is 2.87. The van der Waals surface area contributed by atoms with Crippen molar-refractivity contribution in [3.05, 3.63) is 52.0 Å². The van der Waals surface area contributed by atoms with Crippen LogP contribution in [-0.4, -0.2) is 11.0 Å². The molecule has 2 rings (SSSR count). The third-order valence-corrected chi connectivity index (χ3v) is 3.03. The van der Waals surface area contributed by atoms with Gasteiger partial charge < -0.3 is 4.74 Å². The van der Waals surface area contributed by atoms with Crippen molar-refractivity contribution in [2.75, 3.05) is 0 Å². The highest BCUT2D eigenvalue weighted by Gasteiger charge is 2.01. The number of hydrogen-bond acceptors (Lipinski definition) is 4. The topological polar surface area (TPSA) is 39.2 Å². The minimum Gasteiger partial charge on any atom is -0.423 e.